The number of fused-ring (bicyclic) bond motifs is 1. The number of carbonyl (C=O) groups is 1. The van der Waals surface area contributed by atoms with Crippen molar-refractivity contribution in [1.29, 1.82) is 0 Å². The van der Waals surface area contributed by atoms with E-state index in [-0.39, 0.29) is 17.1 Å². The number of benzene rings is 1. The Bertz CT molecular complexity index is 1080. The average molecular weight is 447 g/mol. The van der Waals surface area contributed by atoms with Crippen LogP contribution in [0.15, 0.2) is 18.5 Å². The lowest BCUT2D eigenvalue weighted by Crippen LogP contribution is -2.41. The van der Waals surface area contributed by atoms with E-state index in [1.54, 1.807) is 18.5 Å². The first-order chi connectivity index (χ1) is 15.0. The van der Waals surface area contributed by atoms with Crippen molar-refractivity contribution in [3.8, 4) is 17.2 Å². The number of H-pyrrole nitrogens is 1. The zero-order chi connectivity index (χ0) is 22.0. The fraction of sp³-hybridized carbons (Fsp3) is 0.400. The van der Waals surface area contributed by atoms with Gasteiger partial charge >= 0.3 is 0 Å². The molecule has 4 rings (SSSR count). The van der Waals surface area contributed by atoms with Gasteiger partial charge in [-0.25, -0.2) is 4.98 Å². The molecule has 1 aromatic carbocycles. The van der Waals surface area contributed by atoms with Crippen LogP contribution in [0.5, 0.6) is 17.2 Å². The second-order valence-electron chi connectivity index (χ2n) is 7.11. The first-order valence-corrected chi connectivity index (χ1v) is 10.1. The summed E-state index contributed by atoms with van der Waals surface area (Å²) in [5, 5.41) is 3.09. The molecule has 0 saturated carbocycles. The number of imidazole rings is 1. The zero-order valence-electron chi connectivity index (χ0n) is 17.4. The van der Waals surface area contributed by atoms with Gasteiger partial charge in [-0.1, -0.05) is 0 Å². The fourth-order valence-corrected chi connectivity index (χ4v) is 3.96. The van der Waals surface area contributed by atoms with Crippen molar-refractivity contribution >= 4 is 40.2 Å². The highest BCUT2D eigenvalue weighted by molar-refractivity contribution is 6.28. The zero-order valence-corrected chi connectivity index (χ0v) is 18.2. The molecule has 3 aromatic rings. The van der Waals surface area contributed by atoms with E-state index in [4.69, 9.17) is 25.8 Å². The van der Waals surface area contributed by atoms with Gasteiger partial charge in [0, 0.05) is 30.9 Å². The molecule has 10 nitrogen and oxygen atoms in total. The van der Waals surface area contributed by atoms with Gasteiger partial charge < -0.3 is 29.4 Å². The molecule has 1 saturated heterocycles. The molecule has 0 spiro atoms. The molecule has 1 atom stereocenters. The molecule has 2 N–H and O–H groups in total. The van der Waals surface area contributed by atoms with Gasteiger partial charge in [0.2, 0.25) is 16.9 Å². The van der Waals surface area contributed by atoms with Crippen molar-refractivity contribution in [2.45, 2.75) is 12.8 Å². The molecule has 0 bridgehead atoms. The van der Waals surface area contributed by atoms with Crippen molar-refractivity contribution in [2.24, 2.45) is 5.92 Å². The molecule has 31 heavy (non-hydrogen) atoms. The maximum atomic E-state index is 13.0. The molecule has 1 amide bonds. The topological polar surface area (TPSA) is 114 Å². The van der Waals surface area contributed by atoms with Crippen molar-refractivity contribution in [1.82, 2.24) is 19.9 Å². The van der Waals surface area contributed by atoms with Crippen molar-refractivity contribution in [3.05, 3.63) is 23.7 Å². The minimum Gasteiger partial charge on any atom is -0.493 e. The summed E-state index contributed by atoms with van der Waals surface area (Å²) in [6, 6.07) is 3.41. The lowest BCUT2D eigenvalue weighted by molar-refractivity contribution is -0.120. The van der Waals surface area contributed by atoms with Gasteiger partial charge in [-0.3, -0.25) is 4.79 Å². The van der Waals surface area contributed by atoms with E-state index in [1.807, 2.05) is 4.90 Å². The van der Waals surface area contributed by atoms with Crippen LogP contribution in [0.25, 0.3) is 11.2 Å². The maximum absolute atomic E-state index is 13.0. The molecule has 1 aliphatic rings. The standard InChI is InChI=1S/C20H23ClN6O4/c1-29-13-7-12(8-14(30-2)16(13)31-3)24-19(28)11-5-4-6-27(9-11)18-15-17(23-10-22-15)25-20(21)26-18/h7-8,10-11H,4-6,9H2,1-3H3,(H,24,28)(H,22,23,25,26). The van der Waals surface area contributed by atoms with Gasteiger partial charge in [0.25, 0.3) is 0 Å². The Labute approximate surface area is 183 Å². The number of aromatic nitrogens is 4. The molecule has 0 aliphatic carbocycles. The Morgan fingerprint density at radius 3 is 2.61 bits per heavy atom. The predicted octanol–water partition coefficient (Wildman–Crippen LogP) is 2.89. The number of nitrogens with zero attached hydrogens (tertiary/aromatic N) is 4. The predicted molar refractivity (Wildman–Crippen MR) is 116 cm³/mol. The summed E-state index contributed by atoms with van der Waals surface area (Å²) in [4.78, 5) is 30.8. The van der Waals surface area contributed by atoms with Gasteiger partial charge in [-0.2, -0.15) is 9.97 Å². The quantitative estimate of drug-likeness (QED) is 0.555. The monoisotopic (exact) mass is 446 g/mol. The number of aromatic amines is 1. The summed E-state index contributed by atoms with van der Waals surface area (Å²) >= 11 is 6.07. The summed E-state index contributed by atoms with van der Waals surface area (Å²) in [5.74, 6) is 1.73. The van der Waals surface area contributed by atoms with Gasteiger partial charge in [-0.15, -0.1) is 0 Å². The van der Waals surface area contributed by atoms with Crippen molar-refractivity contribution in [3.63, 3.8) is 0 Å². The molecular formula is C20H23ClN6O4. The number of carbonyl (C=O) groups excluding carboxylic acids is 1. The Balaban J connectivity index is 1.54. The third-order valence-corrected chi connectivity index (χ3v) is 5.43. The number of anilines is 2. The number of hydrogen-bond donors (Lipinski definition) is 2. The van der Waals surface area contributed by atoms with Crippen LogP contribution in [-0.4, -0.2) is 60.3 Å². The number of hydrogen-bond acceptors (Lipinski definition) is 8. The van der Waals surface area contributed by atoms with Crippen molar-refractivity contribution in [2.75, 3.05) is 44.6 Å². The third kappa shape index (κ3) is 4.15. The van der Waals surface area contributed by atoms with Gasteiger partial charge in [0.1, 0.15) is 5.52 Å². The number of methoxy groups -OCH3 is 3. The number of ether oxygens (including phenoxy) is 3. The second-order valence-corrected chi connectivity index (χ2v) is 7.44. The largest absolute Gasteiger partial charge is 0.493 e. The highest BCUT2D eigenvalue weighted by atomic mass is 35.5. The molecule has 1 fully saturated rings. The van der Waals surface area contributed by atoms with E-state index in [0.29, 0.717) is 46.5 Å². The normalized spacial score (nSPS) is 16.3. The van der Waals surface area contributed by atoms with E-state index in [1.165, 1.54) is 21.3 Å². The van der Waals surface area contributed by atoms with Crippen LogP contribution in [0, 0.1) is 5.92 Å². The number of amides is 1. The van der Waals surface area contributed by atoms with Crippen LogP contribution >= 0.6 is 11.6 Å². The first kappa shape index (κ1) is 21.0. The molecule has 0 radical (unpaired) electrons. The smallest absolute Gasteiger partial charge is 0.229 e. The van der Waals surface area contributed by atoms with Crippen LogP contribution in [0.4, 0.5) is 11.5 Å². The Morgan fingerprint density at radius 1 is 1.19 bits per heavy atom. The third-order valence-electron chi connectivity index (χ3n) is 5.26. The second kappa shape index (κ2) is 8.84. The molecule has 11 heteroatoms. The van der Waals surface area contributed by atoms with E-state index < -0.39 is 0 Å². The molecule has 1 unspecified atom stereocenters. The highest BCUT2D eigenvalue weighted by Crippen LogP contribution is 2.40. The number of rotatable bonds is 6. The van der Waals surface area contributed by atoms with E-state index >= 15 is 0 Å². The molecule has 2 aromatic heterocycles. The summed E-state index contributed by atoms with van der Waals surface area (Å²) in [5.41, 5.74) is 1.77. The van der Waals surface area contributed by atoms with E-state index in [0.717, 1.165) is 19.4 Å². The Morgan fingerprint density at radius 2 is 1.94 bits per heavy atom. The van der Waals surface area contributed by atoms with Crippen LogP contribution in [0.2, 0.25) is 5.28 Å². The minimum atomic E-state index is -0.237. The van der Waals surface area contributed by atoms with Crippen LogP contribution in [0.3, 0.4) is 0 Å². The molecule has 1 aliphatic heterocycles. The summed E-state index contributed by atoms with van der Waals surface area (Å²) in [6.07, 6.45) is 3.15. The Hall–Kier alpha value is -3.27. The van der Waals surface area contributed by atoms with Gasteiger partial charge in [-0.05, 0) is 24.4 Å². The fourth-order valence-electron chi connectivity index (χ4n) is 3.80. The van der Waals surface area contributed by atoms with Gasteiger partial charge in [0.05, 0.1) is 33.6 Å². The Kier molecular flexibility index (Phi) is 5.99. The van der Waals surface area contributed by atoms with E-state index in [2.05, 4.69) is 25.3 Å². The number of piperidine rings is 1. The molecule has 164 valence electrons. The highest BCUT2D eigenvalue weighted by Gasteiger charge is 2.29. The maximum Gasteiger partial charge on any atom is 0.229 e. The SMILES string of the molecule is COc1cc(NC(=O)C2CCCN(c3nc(Cl)nc4nc[nH]c34)C2)cc(OC)c1OC. The van der Waals surface area contributed by atoms with Crippen LogP contribution < -0.4 is 24.4 Å². The van der Waals surface area contributed by atoms with Crippen LogP contribution in [0.1, 0.15) is 12.8 Å². The van der Waals surface area contributed by atoms with E-state index in [9.17, 15) is 4.79 Å². The molecular weight excluding hydrogens is 424 g/mol. The number of nitrogens with one attached hydrogen (secondary N) is 2. The van der Waals surface area contributed by atoms with Gasteiger partial charge in [0.15, 0.2) is 23.0 Å². The van der Waals surface area contributed by atoms with Crippen molar-refractivity contribution < 1.29 is 19.0 Å². The summed E-state index contributed by atoms with van der Waals surface area (Å²) < 4.78 is 16.1. The lowest BCUT2D eigenvalue weighted by Gasteiger charge is -2.33. The summed E-state index contributed by atoms with van der Waals surface area (Å²) in [6.45, 7) is 1.26. The lowest BCUT2D eigenvalue weighted by atomic mass is 9.97. The summed E-state index contributed by atoms with van der Waals surface area (Å²) in [7, 11) is 4.60. The van der Waals surface area contributed by atoms with Crippen LogP contribution in [-0.2, 0) is 4.79 Å². The number of halogens is 1. The molecule has 3 heterocycles. The first-order valence-electron chi connectivity index (χ1n) is 9.76. The minimum absolute atomic E-state index is 0.0972. The average Bonchev–Trinajstić information content (AvgIpc) is 3.26.